The third kappa shape index (κ3) is 5.59. The average molecular weight is 208 g/mol. The van der Waals surface area contributed by atoms with Crippen LogP contribution >= 0.6 is 0 Å². The van der Waals surface area contributed by atoms with Crippen molar-refractivity contribution in [2.75, 3.05) is 5.75 Å². The zero-order chi connectivity index (χ0) is 10.7. The SMILES string of the molecule is CCS(=O)(=O)NC(C)(C)CC(N)=O. The molecule has 0 rings (SSSR count). The Bertz CT molecular complexity index is 282. The lowest BCUT2D eigenvalue weighted by Gasteiger charge is -2.23. The van der Waals surface area contributed by atoms with E-state index in [4.69, 9.17) is 5.73 Å². The van der Waals surface area contributed by atoms with E-state index in [1.54, 1.807) is 13.8 Å². The van der Waals surface area contributed by atoms with Crippen molar-refractivity contribution in [1.82, 2.24) is 4.72 Å². The van der Waals surface area contributed by atoms with Crippen LogP contribution in [0.3, 0.4) is 0 Å². The highest BCUT2D eigenvalue weighted by atomic mass is 32.2. The van der Waals surface area contributed by atoms with E-state index in [0.717, 1.165) is 0 Å². The Morgan fingerprint density at radius 3 is 2.23 bits per heavy atom. The zero-order valence-electron chi connectivity index (χ0n) is 8.12. The van der Waals surface area contributed by atoms with Gasteiger partial charge in [0.25, 0.3) is 0 Å². The van der Waals surface area contributed by atoms with Crippen LogP contribution in [0, 0.1) is 0 Å². The molecule has 0 saturated heterocycles. The van der Waals surface area contributed by atoms with Crippen molar-refractivity contribution in [3.63, 3.8) is 0 Å². The minimum atomic E-state index is -3.28. The van der Waals surface area contributed by atoms with Crippen molar-refractivity contribution in [3.05, 3.63) is 0 Å². The molecule has 0 aromatic carbocycles. The molecule has 0 aliphatic carbocycles. The number of carbonyl (C=O) groups excluding carboxylic acids is 1. The Morgan fingerprint density at radius 1 is 1.46 bits per heavy atom. The van der Waals surface area contributed by atoms with Crippen LogP contribution in [0.1, 0.15) is 27.2 Å². The van der Waals surface area contributed by atoms with Crippen LogP contribution < -0.4 is 10.5 Å². The number of rotatable bonds is 5. The Kier molecular flexibility index (Phi) is 3.87. The molecule has 5 nitrogen and oxygen atoms in total. The van der Waals surface area contributed by atoms with Crippen molar-refractivity contribution in [3.8, 4) is 0 Å². The predicted molar refractivity (Wildman–Crippen MR) is 50.5 cm³/mol. The van der Waals surface area contributed by atoms with Crippen molar-refractivity contribution in [2.24, 2.45) is 5.73 Å². The summed E-state index contributed by atoms with van der Waals surface area (Å²) in [5.41, 5.74) is 4.16. The molecule has 0 radical (unpaired) electrons. The number of hydrogen-bond donors (Lipinski definition) is 2. The van der Waals surface area contributed by atoms with Gasteiger partial charge < -0.3 is 5.73 Å². The normalized spacial score (nSPS) is 12.8. The number of primary amides is 1. The second-order valence-corrected chi connectivity index (χ2v) is 5.54. The molecular weight excluding hydrogens is 192 g/mol. The van der Waals surface area contributed by atoms with Gasteiger partial charge in [-0.2, -0.15) is 0 Å². The number of nitrogens with two attached hydrogens (primary N) is 1. The monoisotopic (exact) mass is 208 g/mol. The fourth-order valence-corrected chi connectivity index (χ4v) is 2.02. The summed E-state index contributed by atoms with van der Waals surface area (Å²) >= 11 is 0. The molecule has 0 heterocycles. The highest BCUT2D eigenvalue weighted by Gasteiger charge is 2.25. The minimum Gasteiger partial charge on any atom is -0.370 e. The van der Waals surface area contributed by atoms with E-state index in [1.807, 2.05) is 0 Å². The fraction of sp³-hybridized carbons (Fsp3) is 0.857. The van der Waals surface area contributed by atoms with Crippen LogP contribution in [0.15, 0.2) is 0 Å². The van der Waals surface area contributed by atoms with E-state index >= 15 is 0 Å². The van der Waals surface area contributed by atoms with E-state index in [1.165, 1.54) is 6.92 Å². The minimum absolute atomic E-state index is 0.00477. The fourth-order valence-electron chi connectivity index (χ4n) is 0.965. The summed E-state index contributed by atoms with van der Waals surface area (Å²) in [7, 11) is -3.28. The molecule has 0 unspecified atom stereocenters. The van der Waals surface area contributed by atoms with Crippen LogP contribution in [0.2, 0.25) is 0 Å². The summed E-state index contributed by atoms with van der Waals surface area (Å²) in [6, 6.07) is 0. The molecule has 6 heteroatoms. The number of sulfonamides is 1. The summed E-state index contributed by atoms with van der Waals surface area (Å²) in [5.74, 6) is -0.529. The average Bonchev–Trinajstić information content (AvgIpc) is 1.81. The number of hydrogen-bond acceptors (Lipinski definition) is 3. The maximum Gasteiger partial charge on any atom is 0.219 e. The van der Waals surface area contributed by atoms with Gasteiger partial charge in [-0.1, -0.05) is 0 Å². The molecule has 1 amide bonds. The number of carbonyl (C=O) groups is 1. The summed E-state index contributed by atoms with van der Waals surface area (Å²) < 4.78 is 24.7. The summed E-state index contributed by atoms with van der Waals surface area (Å²) in [5, 5.41) is 0. The summed E-state index contributed by atoms with van der Waals surface area (Å²) in [6.45, 7) is 4.76. The maximum absolute atomic E-state index is 11.1. The Labute approximate surface area is 78.7 Å². The Morgan fingerprint density at radius 2 is 1.92 bits per heavy atom. The van der Waals surface area contributed by atoms with Crippen LogP contribution in [-0.4, -0.2) is 25.6 Å². The van der Waals surface area contributed by atoms with E-state index < -0.39 is 21.5 Å². The third-order valence-corrected chi connectivity index (χ3v) is 3.05. The molecule has 0 aliphatic rings. The van der Waals surface area contributed by atoms with Gasteiger partial charge in [0.2, 0.25) is 15.9 Å². The van der Waals surface area contributed by atoms with Crippen LogP contribution in [0.25, 0.3) is 0 Å². The van der Waals surface area contributed by atoms with Gasteiger partial charge in [-0.05, 0) is 20.8 Å². The molecule has 0 aromatic rings. The first kappa shape index (κ1) is 12.4. The van der Waals surface area contributed by atoms with Crippen LogP contribution in [0.5, 0.6) is 0 Å². The molecule has 0 atom stereocenters. The Balaban J connectivity index is 4.42. The summed E-state index contributed by atoms with van der Waals surface area (Å²) in [4.78, 5) is 10.6. The van der Waals surface area contributed by atoms with Crippen molar-refractivity contribution >= 4 is 15.9 Å². The lowest BCUT2D eigenvalue weighted by Crippen LogP contribution is -2.46. The number of nitrogens with one attached hydrogen (secondary N) is 1. The van der Waals surface area contributed by atoms with Crippen molar-refractivity contribution in [1.29, 1.82) is 0 Å². The lowest BCUT2D eigenvalue weighted by molar-refractivity contribution is -0.119. The molecule has 0 saturated carbocycles. The Hall–Kier alpha value is -0.620. The molecular formula is C7H16N2O3S. The highest BCUT2D eigenvalue weighted by molar-refractivity contribution is 7.89. The van der Waals surface area contributed by atoms with Crippen LogP contribution in [0.4, 0.5) is 0 Å². The predicted octanol–water partition coefficient (Wildman–Crippen LogP) is -0.420. The zero-order valence-corrected chi connectivity index (χ0v) is 8.94. The van der Waals surface area contributed by atoms with Crippen molar-refractivity contribution < 1.29 is 13.2 Å². The lowest BCUT2D eigenvalue weighted by atomic mass is 10.0. The molecule has 0 aromatic heterocycles. The van der Waals surface area contributed by atoms with Gasteiger partial charge in [0.05, 0.1) is 5.75 Å². The van der Waals surface area contributed by atoms with E-state index in [2.05, 4.69) is 4.72 Å². The van der Waals surface area contributed by atoms with Crippen LogP contribution in [-0.2, 0) is 14.8 Å². The van der Waals surface area contributed by atoms with Gasteiger partial charge in [-0.25, -0.2) is 13.1 Å². The molecule has 0 spiro atoms. The molecule has 0 aliphatic heterocycles. The summed E-state index contributed by atoms with van der Waals surface area (Å²) in [6.07, 6.45) is -0.00771. The largest absolute Gasteiger partial charge is 0.370 e. The second kappa shape index (κ2) is 4.06. The highest BCUT2D eigenvalue weighted by Crippen LogP contribution is 2.09. The molecule has 13 heavy (non-hydrogen) atoms. The molecule has 3 N–H and O–H groups in total. The smallest absolute Gasteiger partial charge is 0.219 e. The number of amides is 1. The maximum atomic E-state index is 11.1. The van der Waals surface area contributed by atoms with Gasteiger partial charge in [0, 0.05) is 12.0 Å². The van der Waals surface area contributed by atoms with Gasteiger partial charge in [-0.3, -0.25) is 4.79 Å². The van der Waals surface area contributed by atoms with Gasteiger partial charge >= 0.3 is 0 Å². The van der Waals surface area contributed by atoms with Crippen molar-refractivity contribution in [2.45, 2.75) is 32.7 Å². The first-order chi connectivity index (χ1) is 5.68. The van der Waals surface area contributed by atoms with Gasteiger partial charge in [0.15, 0.2) is 0 Å². The standard InChI is InChI=1S/C7H16N2O3S/c1-4-13(11,12)9-7(2,3)5-6(8)10/h9H,4-5H2,1-3H3,(H2,8,10). The quantitative estimate of drug-likeness (QED) is 0.643. The molecule has 0 fully saturated rings. The second-order valence-electron chi connectivity index (χ2n) is 3.53. The molecule has 0 bridgehead atoms. The molecule has 78 valence electrons. The topological polar surface area (TPSA) is 89.3 Å². The van der Waals surface area contributed by atoms with Gasteiger partial charge in [-0.15, -0.1) is 0 Å². The first-order valence-corrected chi connectivity index (χ1v) is 5.64. The third-order valence-electron chi connectivity index (χ3n) is 1.43. The van der Waals surface area contributed by atoms with E-state index in [0.29, 0.717) is 0 Å². The first-order valence-electron chi connectivity index (χ1n) is 3.98. The van der Waals surface area contributed by atoms with E-state index in [9.17, 15) is 13.2 Å². The van der Waals surface area contributed by atoms with Gasteiger partial charge in [0.1, 0.15) is 0 Å². The van der Waals surface area contributed by atoms with E-state index in [-0.39, 0.29) is 12.2 Å².